The lowest BCUT2D eigenvalue weighted by Crippen LogP contribution is -2.54. The average molecular weight is 557 g/mol. The van der Waals surface area contributed by atoms with Crippen molar-refractivity contribution in [2.75, 3.05) is 26.2 Å². The predicted molar refractivity (Wildman–Crippen MR) is 133 cm³/mol. The first-order valence-electron chi connectivity index (χ1n) is 13.3. The van der Waals surface area contributed by atoms with Crippen molar-refractivity contribution in [3.63, 3.8) is 0 Å². The van der Waals surface area contributed by atoms with E-state index in [1.54, 1.807) is 0 Å². The van der Waals surface area contributed by atoms with Gasteiger partial charge in [0.1, 0.15) is 35.4 Å². The summed E-state index contributed by atoms with van der Waals surface area (Å²) < 4.78 is 57.4. The fraction of sp³-hybridized carbons (Fsp3) is 0.462. The molecule has 2 saturated heterocycles. The summed E-state index contributed by atoms with van der Waals surface area (Å²) in [7, 11) is 0. The summed E-state index contributed by atoms with van der Waals surface area (Å²) in [4.78, 5) is 2.79. The number of halogens is 4. The molecule has 2 unspecified atom stereocenters. The molecule has 2 aliphatic rings. The van der Waals surface area contributed by atoms with Gasteiger partial charge < -0.3 is 0 Å². The van der Waals surface area contributed by atoms with Crippen LogP contribution < -0.4 is 0 Å². The van der Waals surface area contributed by atoms with Crippen molar-refractivity contribution in [2.24, 2.45) is 11.8 Å². The largest absolute Gasteiger partial charge is 0.241 e. The average Bonchev–Trinajstić information content (AvgIpc) is 3.67. The van der Waals surface area contributed by atoms with E-state index in [1.807, 2.05) is 0 Å². The number of piperidine rings is 2. The molecule has 4 heterocycles. The predicted octanol–water partition coefficient (Wildman–Crippen LogP) is 3.43. The molecule has 0 bridgehead atoms. The molecule has 2 aromatic carbocycles. The molecule has 210 valence electrons. The number of rotatable bonds is 7. The van der Waals surface area contributed by atoms with E-state index in [4.69, 9.17) is 0 Å². The standard InChI is InChI=1S/C26H28F4N10/c27-19-5-7-21(23(29)11-19)25(39-33-15-31-35-39)17-3-1-9-37(13-17)38-10-2-4-18(14-38)26(40-34-16-32-36-40)22-8-6-20(28)12-24(22)30/h5-8,11-12,15-18,25-26H,1-4,9-10,13-14H2/t17-,18-,25?,26?/m0/s1. The summed E-state index contributed by atoms with van der Waals surface area (Å²) in [5.41, 5.74) is 0.624. The Kier molecular flexibility index (Phi) is 7.52. The Balaban J connectivity index is 1.25. The Hall–Kier alpha value is -3.78. The van der Waals surface area contributed by atoms with Crippen LogP contribution in [0.5, 0.6) is 0 Å². The molecule has 10 nitrogen and oxygen atoms in total. The SMILES string of the molecule is Fc1ccc(C([C@H]2CCCN(N3CCC[C@H](C(c4ccc(F)cc4F)n4ncnn4)C3)C2)n2ncnn2)c(F)c1. The van der Waals surface area contributed by atoms with Gasteiger partial charge in [-0.25, -0.2) is 27.6 Å². The van der Waals surface area contributed by atoms with Crippen LogP contribution in [0.2, 0.25) is 0 Å². The van der Waals surface area contributed by atoms with Crippen LogP contribution in [0.3, 0.4) is 0 Å². The Labute approximate surface area is 227 Å². The van der Waals surface area contributed by atoms with Crippen molar-refractivity contribution in [2.45, 2.75) is 37.8 Å². The van der Waals surface area contributed by atoms with Crippen molar-refractivity contribution in [3.8, 4) is 0 Å². The second-order valence-electron chi connectivity index (χ2n) is 10.4. The van der Waals surface area contributed by atoms with E-state index in [9.17, 15) is 17.6 Å². The lowest BCUT2D eigenvalue weighted by Gasteiger charge is -2.46. The molecular formula is C26H28F4N10. The van der Waals surface area contributed by atoms with Crippen LogP contribution >= 0.6 is 0 Å². The van der Waals surface area contributed by atoms with Gasteiger partial charge in [0.15, 0.2) is 12.7 Å². The summed E-state index contributed by atoms with van der Waals surface area (Å²) in [6.07, 6.45) is 5.89. The highest BCUT2D eigenvalue weighted by Gasteiger charge is 2.38. The molecule has 0 N–H and O–H groups in total. The summed E-state index contributed by atoms with van der Waals surface area (Å²) in [6.45, 7) is 2.77. The van der Waals surface area contributed by atoms with Gasteiger partial charge in [0.25, 0.3) is 0 Å². The minimum absolute atomic E-state index is 0.0781. The number of hydrazine groups is 1. The van der Waals surface area contributed by atoms with Gasteiger partial charge >= 0.3 is 0 Å². The molecular weight excluding hydrogens is 528 g/mol. The van der Waals surface area contributed by atoms with E-state index in [1.165, 1.54) is 46.5 Å². The second-order valence-corrected chi connectivity index (χ2v) is 10.4. The van der Waals surface area contributed by atoms with Gasteiger partial charge in [-0.2, -0.15) is 9.59 Å². The first-order chi connectivity index (χ1) is 19.5. The van der Waals surface area contributed by atoms with Gasteiger partial charge in [-0.1, -0.05) is 12.1 Å². The normalized spacial score (nSPS) is 22.3. The third-order valence-corrected chi connectivity index (χ3v) is 7.96. The molecule has 2 aromatic heterocycles. The number of aromatic nitrogens is 8. The first kappa shape index (κ1) is 26.4. The number of hydrogen-bond donors (Lipinski definition) is 0. The van der Waals surface area contributed by atoms with Crippen molar-refractivity contribution in [1.82, 2.24) is 50.4 Å². The second kappa shape index (κ2) is 11.4. The van der Waals surface area contributed by atoms with Gasteiger partial charge in [0.05, 0.1) is 0 Å². The molecule has 40 heavy (non-hydrogen) atoms. The van der Waals surface area contributed by atoms with E-state index < -0.39 is 35.4 Å². The third kappa shape index (κ3) is 5.32. The number of benzene rings is 2. The Morgan fingerprint density at radius 1 is 0.650 bits per heavy atom. The molecule has 0 spiro atoms. The van der Waals surface area contributed by atoms with Crippen LogP contribution in [0.25, 0.3) is 0 Å². The molecule has 2 aliphatic heterocycles. The van der Waals surface area contributed by atoms with Gasteiger partial charge in [-0.05, 0) is 48.2 Å². The minimum atomic E-state index is -0.651. The van der Waals surface area contributed by atoms with E-state index in [2.05, 4.69) is 40.8 Å². The zero-order valence-corrected chi connectivity index (χ0v) is 21.6. The fourth-order valence-corrected chi connectivity index (χ4v) is 6.23. The van der Waals surface area contributed by atoms with E-state index in [0.717, 1.165) is 50.9 Å². The number of tetrazole rings is 2. The maximum absolute atomic E-state index is 15.0. The summed E-state index contributed by atoms with van der Waals surface area (Å²) >= 11 is 0. The summed E-state index contributed by atoms with van der Waals surface area (Å²) in [5.74, 6) is -2.75. The molecule has 0 radical (unpaired) electrons. The van der Waals surface area contributed by atoms with E-state index in [0.29, 0.717) is 24.2 Å². The van der Waals surface area contributed by atoms with Gasteiger partial charge in [0, 0.05) is 61.3 Å². The molecule has 2 fully saturated rings. The summed E-state index contributed by atoms with van der Waals surface area (Å²) in [6, 6.07) is 6.00. The van der Waals surface area contributed by atoms with Crippen molar-refractivity contribution in [1.29, 1.82) is 0 Å². The molecule has 0 saturated carbocycles. The number of nitrogens with zero attached hydrogens (tertiary/aromatic N) is 10. The topological polar surface area (TPSA) is 93.7 Å². The zero-order chi connectivity index (χ0) is 27.6. The zero-order valence-electron chi connectivity index (χ0n) is 21.6. The molecule has 6 rings (SSSR count). The molecule has 4 atom stereocenters. The molecule has 4 aromatic rings. The van der Waals surface area contributed by atoms with Gasteiger partial charge in [-0.15, -0.1) is 20.4 Å². The van der Waals surface area contributed by atoms with Crippen molar-refractivity contribution < 1.29 is 17.6 Å². The lowest BCUT2D eigenvalue weighted by atomic mass is 9.85. The fourth-order valence-electron chi connectivity index (χ4n) is 6.23. The van der Waals surface area contributed by atoms with Crippen molar-refractivity contribution in [3.05, 3.63) is 83.4 Å². The Morgan fingerprint density at radius 3 is 1.48 bits per heavy atom. The van der Waals surface area contributed by atoms with Gasteiger partial charge in [-0.3, -0.25) is 0 Å². The summed E-state index contributed by atoms with van der Waals surface area (Å²) in [5, 5.41) is 28.7. The maximum atomic E-state index is 15.0. The lowest BCUT2D eigenvalue weighted by molar-refractivity contribution is -0.0890. The van der Waals surface area contributed by atoms with Crippen LogP contribution in [-0.4, -0.2) is 76.6 Å². The highest BCUT2D eigenvalue weighted by atomic mass is 19.1. The van der Waals surface area contributed by atoms with Crippen LogP contribution in [0.1, 0.15) is 48.9 Å². The Bertz CT molecular complexity index is 1310. The minimum Gasteiger partial charge on any atom is -0.241 e. The highest BCUT2D eigenvalue weighted by molar-refractivity contribution is 5.24. The van der Waals surface area contributed by atoms with E-state index >= 15 is 0 Å². The number of hydrogen-bond acceptors (Lipinski definition) is 8. The molecule has 0 amide bonds. The van der Waals surface area contributed by atoms with Crippen LogP contribution in [0.15, 0.2) is 49.1 Å². The third-order valence-electron chi connectivity index (χ3n) is 7.96. The maximum Gasteiger partial charge on any atom is 0.162 e. The van der Waals surface area contributed by atoms with Crippen LogP contribution in [0.4, 0.5) is 17.6 Å². The quantitative estimate of drug-likeness (QED) is 0.320. The smallest absolute Gasteiger partial charge is 0.162 e. The van der Waals surface area contributed by atoms with Crippen LogP contribution in [0, 0.1) is 35.1 Å². The van der Waals surface area contributed by atoms with Crippen LogP contribution in [-0.2, 0) is 0 Å². The highest BCUT2D eigenvalue weighted by Crippen LogP contribution is 2.37. The van der Waals surface area contributed by atoms with Gasteiger partial charge in [0.2, 0.25) is 0 Å². The monoisotopic (exact) mass is 556 g/mol. The molecule has 0 aliphatic carbocycles. The van der Waals surface area contributed by atoms with Crippen molar-refractivity contribution >= 4 is 0 Å². The molecule has 14 heteroatoms. The van der Waals surface area contributed by atoms with E-state index in [-0.39, 0.29) is 11.8 Å². The first-order valence-corrected chi connectivity index (χ1v) is 13.3. The Morgan fingerprint density at radius 2 is 1.10 bits per heavy atom.